The van der Waals surface area contributed by atoms with Gasteiger partial charge in [0.25, 0.3) is 0 Å². The third-order valence-corrected chi connectivity index (χ3v) is 2.69. The summed E-state index contributed by atoms with van der Waals surface area (Å²) < 4.78 is 4.99. The van der Waals surface area contributed by atoms with Gasteiger partial charge in [-0.25, -0.2) is 0 Å². The molecule has 78 valence electrons. The molecular weight excluding hydrogens is 178 g/mol. The monoisotopic (exact) mass is 195 g/mol. The van der Waals surface area contributed by atoms with E-state index in [0.717, 1.165) is 44.8 Å². The van der Waals surface area contributed by atoms with Crippen molar-refractivity contribution in [3.05, 3.63) is 17.5 Å². The molecule has 0 atom stereocenters. The number of aryl methyl sites for hydroxylation is 1. The van der Waals surface area contributed by atoms with Crippen molar-refractivity contribution in [1.82, 2.24) is 15.4 Å². The Labute approximate surface area is 84.3 Å². The van der Waals surface area contributed by atoms with Crippen LogP contribution in [0.2, 0.25) is 0 Å². The van der Waals surface area contributed by atoms with Crippen molar-refractivity contribution in [2.45, 2.75) is 19.9 Å². The van der Waals surface area contributed by atoms with E-state index in [1.807, 2.05) is 0 Å². The van der Waals surface area contributed by atoms with Crippen LogP contribution in [-0.2, 0) is 13.0 Å². The summed E-state index contributed by atoms with van der Waals surface area (Å²) in [5.74, 6) is 0. The zero-order chi connectivity index (χ0) is 9.80. The zero-order valence-corrected chi connectivity index (χ0v) is 8.62. The van der Waals surface area contributed by atoms with Crippen molar-refractivity contribution >= 4 is 0 Å². The van der Waals surface area contributed by atoms with E-state index in [1.165, 1.54) is 5.56 Å². The van der Waals surface area contributed by atoms with Crippen molar-refractivity contribution < 1.29 is 4.52 Å². The lowest BCUT2D eigenvalue weighted by atomic mass is 10.2. The number of nitrogens with zero attached hydrogens (tertiary/aromatic N) is 2. The Kier molecular flexibility index (Phi) is 3.16. The summed E-state index contributed by atoms with van der Waals surface area (Å²) in [5, 5.41) is 7.38. The second-order valence-electron chi connectivity index (χ2n) is 3.67. The summed E-state index contributed by atoms with van der Waals surface area (Å²) in [6.07, 6.45) is 2.77. The molecule has 0 amide bonds. The Hall–Kier alpha value is -0.870. The van der Waals surface area contributed by atoms with Crippen molar-refractivity contribution in [2.75, 3.05) is 26.2 Å². The predicted octanol–water partition coefficient (Wildman–Crippen LogP) is 0.642. The third kappa shape index (κ3) is 2.13. The fourth-order valence-electron chi connectivity index (χ4n) is 1.78. The SMILES string of the molecule is CCc1conc1CN1CCNCC1. The highest BCUT2D eigenvalue weighted by Crippen LogP contribution is 2.10. The molecule has 2 rings (SSSR count). The smallest absolute Gasteiger partial charge is 0.127 e. The molecule has 1 aromatic rings. The standard InChI is InChI=1S/C10H17N3O/c1-2-9-8-14-12-10(9)7-13-5-3-11-4-6-13/h8,11H,2-7H2,1H3. The van der Waals surface area contributed by atoms with E-state index in [-0.39, 0.29) is 0 Å². The number of rotatable bonds is 3. The molecule has 0 aromatic carbocycles. The molecule has 0 unspecified atom stereocenters. The first-order valence-corrected chi connectivity index (χ1v) is 5.25. The van der Waals surface area contributed by atoms with Crippen LogP contribution < -0.4 is 5.32 Å². The Morgan fingerprint density at radius 1 is 1.50 bits per heavy atom. The minimum absolute atomic E-state index is 0.932. The first-order valence-electron chi connectivity index (χ1n) is 5.25. The normalized spacial score (nSPS) is 18.6. The molecule has 4 nitrogen and oxygen atoms in total. The van der Waals surface area contributed by atoms with Crippen LogP contribution in [0.5, 0.6) is 0 Å². The number of hydrogen-bond donors (Lipinski definition) is 1. The van der Waals surface area contributed by atoms with Gasteiger partial charge in [0.1, 0.15) is 12.0 Å². The van der Waals surface area contributed by atoms with Gasteiger partial charge in [-0.1, -0.05) is 12.1 Å². The first kappa shape index (κ1) is 9.68. The average molecular weight is 195 g/mol. The van der Waals surface area contributed by atoms with Gasteiger partial charge < -0.3 is 9.84 Å². The van der Waals surface area contributed by atoms with Crippen LogP contribution in [0, 0.1) is 0 Å². The van der Waals surface area contributed by atoms with Gasteiger partial charge in [0, 0.05) is 38.3 Å². The summed E-state index contributed by atoms with van der Waals surface area (Å²) in [7, 11) is 0. The molecule has 1 N–H and O–H groups in total. The molecule has 1 aliphatic rings. The van der Waals surface area contributed by atoms with Crippen LogP contribution in [0.15, 0.2) is 10.8 Å². The second kappa shape index (κ2) is 4.57. The van der Waals surface area contributed by atoms with E-state index in [9.17, 15) is 0 Å². The summed E-state index contributed by atoms with van der Waals surface area (Å²) in [6, 6.07) is 0. The number of aromatic nitrogens is 1. The van der Waals surface area contributed by atoms with Crippen molar-refractivity contribution in [3.8, 4) is 0 Å². The number of nitrogens with one attached hydrogen (secondary N) is 1. The fraction of sp³-hybridized carbons (Fsp3) is 0.700. The lowest BCUT2D eigenvalue weighted by Crippen LogP contribution is -2.43. The van der Waals surface area contributed by atoms with Crippen LogP contribution in [-0.4, -0.2) is 36.2 Å². The molecule has 0 saturated carbocycles. The Balaban J connectivity index is 1.95. The molecule has 1 aliphatic heterocycles. The van der Waals surface area contributed by atoms with Gasteiger partial charge in [0.05, 0.1) is 0 Å². The molecule has 0 aliphatic carbocycles. The zero-order valence-electron chi connectivity index (χ0n) is 8.62. The van der Waals surface area contributed by atoms with Crippen molar-refractivity contribution in [1.29, 1.82) is 0 Å². The number of hydrogen-bond acceptors (Lipinski definition) is 4. The molecule has 0 radical (unpaired) electrons. The first-order chi connectivity index (χ1) is 6.90. The molecule has 1 aromatic heterocycles. The largest absolute Gasteiger partial charge is 0.364 e. The van der Waals surface area contributed by atoms with Crippen molar-refractivity contribution in [3.63, 3.8) is 0 Å². The van der Waals surface area contributed by atoms with Gasteiger partial charge in [0.2, 0.25) is 0 Å². The third-order valence-electron chi connectivity index (χ3n) is 2.69. The summed E-state index contributed by atoms with van der Waals surface area (Å²) in [5.41, 5.74) is 2.35. The maximum Gasteiger partial charge on any atom is 0.127 e. The second-order valence-corrected chi connectivity index (χ2v) is 3.67. The molecule has 0 spiro atoms. The maximum absolute atomic E-state index is 4.99. The molecule has 2 heterocycles. The van der Waals surface area contributed by atoms with E-state index in [2.05, 4.69) is 22.3 Å². The van der Waals surface area contributed by atoms with Gasteiger partial charge >= 0.3 is 0 Å². The van der Waals surface area contributed by atoms with Crippen molar-refractivity contribution in [2.24, 2.45) is 0 Å². The fourth-order valence-corrected chi connectivity index (χ4v) is 1.78. The van der Waals surface area contributed by atoms with Gasteiger partial charge in [-0.2, -0.15) is 0 Å². The Bertz CT molecular complexity index is 279. The highest BCUT2D eigenvalue weighted by Gasteiger charge is 2.13. The number of piperazine rings is 1. The van der Waals surface area contributed by atoms with Gasteiger partial charge in [-0.3, -0.25) is 4.90 Å². The molecule has 0 bridgehead atoms. The van der Waals surface area contributed by atoms with Crippen LogP contribution in [0.25, 0.3) is 0 Å². The highest BCUT2D eigenvalue weighted by atomic mass is 16.5. The molecule has 1 saturated heterocycles. The van der Waals surface area contributed by atoms with E-state index in [0.29, 0.717) is 0 Å². The van der Waals surface area contributed by atoms with Gasteiger partial charge in [-0.15, -0.1) is 0 Å². The molecule has 14 heavy (non-hydrogen) atoms. The minimum atomic E-state index is 0.932. The summed E-state index contributed by atoms with van der Waals surface area (Å²) in [4.78, 5) is 2.41. The van der Waals surface area contributed by atoms with E-state index < -0.39 is 0 Å². The lowest BCUT2D eigenvalue weighted by molar-refractivity contribution is 0.226. The maximum atomic E-state index is 4.99. The van der Waals surface area contributed by atoms with E-state index in [1.54, 1.807) is 6.26 Å². The predicted molar refractivity (Wildman–Crippen MR) is 54.0 cm³/mol. The van der Waals surface area contributed by atoms with E-state index >= 15 is 0 Å². The quantitative estimate of drug-likeness (QED) is 0.768. The van der Waals surface area contributed by atoms with Crippen LogP contribution in [0.4, 0.5) is 0 Å². The topological polar surface area (TPSA) is 41.3 Å². The summed E-state index contributed by atoms with van der Waals surface area (Å²) in [6.45, 7) is 7.44. The van der Waals surface area contributed by atoms with Crippen LogP contribution in [0.1, 0.15) is 18.2 Å². The van der Waals surface area contributed by atoms with Gasteiger partial charge in [-0.05, 0) is 6.42 Å². The average Bonchev–Trinajstić information content (AvgIpc) is 2.67. The molecular formula is C10H17N3O. The van der Waals surface area contributed by atoms with Crippen LogP contribution in [0.3, 0.4) is 0 Å². The van der Waals surface area contributed by atoms with Gasteiger partial charge in [0.15, 0.2) is 0 Å². The van der Waals surface area contributed by atoms with E-state index in [4.69, 9.17) is 4.52 Å². The molecule has 4 heteroatoms. The molecule has 1 fully saturated rings. The summed E-state index contributed by atoms with van der Waals surface area (Å²) >= 11 is 0. The Morgan fingerprint density at radius 3 is 3.00 bits per heavy atom. The Morgan fingerprint density at radius 2 is 2.29 bits per heavy atom. The minimum Gasteiger partial charge on any atom is -0.364 e. The van der Waals surface area contributed by atoms with Crippen LogP contribution >= 0.6 is 0 Å². The lowest BCUT2D eigenvalue weighted by Gasteiger charge is -2.26. The highest BCUT2D eigenvalue weighted by molar-refractivity contribution is 5.14.